The lowest BCUT2D eigenvalue weighted by Crippen LogP contribution is -2.56. The molecule has 1 saturated heterocycles. The second-order valence-electron chi connectivity index (χ2n) is 5.84. The van der Waals surface area contributed by atoms with Crippen LogP contribution in [0.15, 0.2) is 30.3 Å². The summed E-state index contributed by atoms with van der Waals surface area (Å²) in [6, 6.07) is 8.92. The van der Waals surface area contributed by atoms with E-state index in [4.69, 9.17) is 0 Å². The van der Waals surface area contributed by atoms with E-state index >= 15 is 0 Å². The zero-order chi connectivity index (χ0) is 12.9. The molecule has 2 N–H and O–H groups in total. The SMILES string of the molecule is CC1(C)NC(C)(C)[N+]([O-])(O)[C@@H]1c1ccccc1. The molecule has 1 aliphatic heterocycles. The maximum Gasteiger partial charge on any atom is 0.178 e. The van der Waals surface area contributed by atoms with Crippen molar-refractivity contribution in [2.75, 3.05) is 0 Å². The standard InChI is InChI=1S/C13H20N2O2/c1-12(2)11(10-8-6-5-7-9-10)15(16,17)13(3,4)14-12/h5-9,11,14,16H,1-4H3/t11-/m1/s1. The van der Waals surface area contributed by atoms with Gasteiger partial charge in [0.2, 0.25) is 0 Å². The minimum Gasteiger partial charge on any atom is -0.597 e. The van der Waals surface area contributed by atoms with Gasteiger partial charge in [-0.25, -0.2) is 5.21 Å². The van der Waals surface area contributed by atoms with Crippen molar-refractivity contribution in [3.05, 3.63) is 41.1 Å². The van der Waals surface area contributed by atoms with E-state index in [-0.39, 0.29) is 0 Å². The van der Waals surface area contributed by atoms with Gasteiger partial charge in [0.1, 0.15) is 0 Å². The van der Waals surface area contributed by atoms with Gasteiger partial charge in [-0.05, 0) is 13.8 Å². The molecule has 0 aromatic heterocycles. The molecule has 0 amide bonds. The average molecular weight is 236 g/mol. The molecule has 0 spiro atoms. The number of benzene rings is 1. The maximum atomic E-state index is 12.5. The molecule has 0 radical (unpaired) electrons. The van der Waals surface area contributed by atoms with Crippen LogP contribution in [0.3, 0.4) is 0 Å². The number of hydrogen-bond acceptors (Lipinski definition) is 3. The van der Waals surface area contributed by atoms with E-state index in [9.17, 15) is 10.4 Å². The minimum atomic E-state index is -1.29. The lowest BCUT2D eigenvalue weighted by molar-refractivity contribution is -1.11. The van der Waals surface area contributed by atoms with Gasteiger partial charge in [0.15, 0.2) is 11.7 Å². The molecule has 2 rings (SSSR count). The molecule has 2 atom stereocenters. The first-order valence-corrected chi connectivity index (χ1v) is 5.85. The molecule has 1 aromatic rings. The first-order valence-electron chi connectivity index (χ1n) is 5.85. The highest BCUT2D eigenvalue weighted by atomic mass is 16.9. The van der Waals surface area contributed by atoms with Crippen LogP contribution in [0.4, 0.5) is 0 Å². The van der Waals surface area contributed by atoms with Crippen molar-refractivity contribution in [2.45, 2.75) is 44.9 Å². The van der Waals surface area contributed by atoms with Gasteiger partial charge in [-0.15, -0.1) is 0 Å². The van der Waals surface area contributed by atoms with E-state index in [1.54, 1.807) is 13.8 Å². The van der Waals surface area contributed by atoms with E-state index in [1.165, 1.54) is 0 Å². The highest BCUT2D eigenvalue weighted by Crippen LogP contribution is 2.46. The van der Waals surface area contributed by atoms with Crippen molar-refractivity contribution in [3.8, 4) is 0 Å². The zero-order valence-corrected chi connectivity index (χ0v) is 10.8. The highest BCUT2D eigenvalue weighted by molar-refractivity contribution is 5.22. The van der Waals surface area contributed by atoms with Crippen LogP contribution in [0.2, 0.25) is 0 Å². The monoisotopic (exact) mass is 236 g/mol. The van der Waals surface area contributed by atoms with Crippen LogP contribution in [0.1, 0.15) is 39.3 Å². The van der Waals surface area contributed by atoms with Gasteiger partial charge in [0.05, 0.1) is 5.54 Å². The Morgan fingerprint density at radius 2 is 1.71 bits per heavy atom. The zero-order valence-electron chi connectivity index (χ0n) is 10.8. The van der Waals surface area contributed by atoms with Gasteiger partial charge in [-0.3, -0.25) is 5.32 Å². The Balaban J connectivity index is 2.52. The molecule has 1 aromatic carbocycles. The van der Waals surface area contributed by atoms with E-state index in [2.05, 4.69) is 5.32 Å². The number of quaternary nitrogens is 1. The molecule has 0 bridgehead atoms. The maximum absolute atomic E-state index is 12.5. The van der Waals surface area contributed by atoms with Crippen molar-refractivity contribution < 1.29 is 10.0 Å². The quantitative estimate of drug-likeness (QED) is 0.582. The van der Waals surface area contributed by atoms with Crippen molar-refractivity contribution in [1.82, 2.24) is 5.32 Å². The predicted octanol–water partition coefficient (Wildman–Crippen LogP) is 2.55. The van der Waals surface area contributed by atoms with Crippen molar-refractivity contribution in [3.63, 3.8) is 0 Å². The molecule has 1 fully saturated rings. The van der Waals surface area contributed by atoms with Crippen LogP contribution >= 0.6 is 0 Å². The second kappa shape index (κ2) is 3.53. The van der Waals surface area contributed by atoms with Crippen LogP contribution in [0, 0.1) is 5.21 Å². The molecule has 1 aliphatic rings. The molecule has 1 unspecified atom stereocenters. The summed E-state index contributed by atoms with van der Waals surface area (Å²) in [6.07, 6.45) is 0. The first-order chi connectivity index (χ1) is 7.68. The molecule has 0 aliphatic carbocycles. The Hall–Kier alpha value is -0.940. The number of hydroxylamine groups is 4. The van der Waals surface area contributed by atoms with Crippen LogP contribution in [0.5, 0.6) is 0 Å². The van der Waals surface area contributed by atoms with Crippen molar-refractivity contribution in [1.29, 1.82) is 0 Å². The third kappa shape index (κ3) is 1.77. The lowest BCUT2D eigenvalue weighted by Gasteiger charge is -2.44. The Morgan fingerprint density at radius 3 is 2.12 bits per heavy atom. The van der Waals surface area contributed by atoms with E-state index in [0.29, 0.717) is 0 Å². The minimum absolute atomic E-state index is 0.457. The summed E-state index contributed by atoms with van der Waals surface area (Å²) in [4.78, 5) is -1.29. The normalized spacial score (nSPS) is 34.8. The van der Waals surface area contributed by atoms with Crippen molar-refractivity contribution in [2.24, 2.45) is 0 Å². The van der Waals surface area contributed by atoms with Crippen LogP contribution in [-0.2, 0) is 0 Å². The number of nitrogens with zero attached hydrogens (tertiary/aromatic N) is 1. The fourth-order valence-corrected chi connectivity index (χ4v) is 2.95. The summed E-state index contributed by atoms with van der Waals surface area (Å²) >= 11 is 0. The highest BCUT2D eigenvalue weighted by Gasteiger charge is 2.60. The Labute approximate surface area is 102 Å². The molecule has 1 heterocycles. The summed E-state index contributed by atoms with van der Waals surface area (Å²) in [5.74, 6) is 0. The topological polar surface area (TPSA) is 55.3 Å². The third-order valence-corrected chi connectivity index (χ3v) is 3.58. The summed E-state index contributed by atoms with van der Waals surface area (Å²) < 4.78 is 0. The molecule has 17 heavy (non-hydrogen) atoms. The summed E-state index contributed by atoms with van der Waals surface area (Å²) in [5.41, 5.74) is -0.515. The van der Waals surface area contributed by atoms with Crippen LogP contribution in [0.25, 0.3) is 0 Å². The van der Waals surface area contributed by atoms with Gasteiger partial charge in [0.25, 0.3) is 0 Å². The van der Waals surface area contributed by atoms with Gasteiger partial charge in [-0.1, -0.05) is 30.3 Å². The summed E-state index contributed by atoms with van der Waals surface area (Å²) in [5, 5.41) is 26.0. The number of nitrogens with one attached hydrogen (secondary N) is 1. The first kappa shape index (κ1) is 12.5. The smallest absolute Gasteiger partial charge is 0.178 e. The molecule has 0 saturated carbocycles. The Morgan fingerprint density at radius 1 is 1.18 bits per heavy atom. The molecular weight excluding hydrogens is 216 g/mol. The lowest BCUT2D eigenvalue weighted by atomic mass is 9.90. The Kier molecular flexibility index (Phi) is 2.60. The van der Waals surface area contributed by atoms with Gasteiger partial charge in [-0.2, -0.15) is 4.81 Å². The third-order valence-electron chi connectivity index (χ3n) is 3.58. The fraction of sp³-hybridized carbons (Fsp3) is 0.538. The summed E-state index contributed by atoms with van der Waals surface area (Å²) in [6.45, 7) is 7.34. The molecule has 4 heteroatoms. The second-order valence-corrected chi connectivity index (χ2v) is 5.84. The largest absolute Gasteiger partial charge is 0.597 e. The van der Waals surface area contributed by atoms with E-state index in [0.717, 1.165) is 5.56 Å². The average Bonchev–Trinajstić information content (AvgIpc) is 2.28. The predicted molar refractivity (Wildman–Crippen MR) is 65.9 cm³/mol. The van der Waals surface area contributed by atoms with Gasteiger partial charge in [0, 0.05) is 19.4 Å². The molecule has 4 nitrogen and oxygen atoms in total. The van der Waals surface area contributed by atoms with E-state index < -0.39 is 22.1 Å². The van der Waals surface area contributed by atoms with Crippen molar-refractivity contribution >= 4 is 0 Å². The number of rotatable bonds is 1. The Bertz CT molecular complexity index is 413. The number of hydrogen-bond donors (Lipinski definition) is 2. The van der Waals surface area contributed by atoms with Crippen LogP contribution in [-0.4, -0.2) is 21.2 Å². The van der Waals surface area contributed by atoms with Gasteiger partial charge >= 0.3 is 0 Å². The summed E-state index contributed by atoms with van der Waals surface area (Å²) in [7, 11) is 0. The molecule has 94 valence electrons. The van der Waals surface area contributed by atoms with Gasteiger partial charge < -0.3 is 5.21 Å². The molecular formula is C13H20N2O2. The fourth-order valence-electron chi connectivity index (χ4n) is 2.95. The van der Waals surface area contributed by atoms with Crippen LogP contribution < -0.4 is 5.32 Å². The van der Waals surface area contributed by atoms with E-state index in [1.807, 2.05) is 44.2 Å².